The molecule has 1 aromatic rings. The van der Waals surface area contributed by atoms with E-state index in [4.69, 9.17) is 9.26 Å². The van der Waals surface area contributed by atoms with Crippen molar-refractivity contribution >= 4 is 5.91 Å². The summed E-state index contributed by atoms with van der Waals surface area (Å²) in [4.78, 5) is 11.9. The molecule has 0 fully saturated rings. The van der Waals surface area contributed by atoms with Gasteiger partial charge in [-0.2, -0.15) is 0 Å². The molecule has 1 N–H and O–H groups in total. The first kappa shape index (κ1) is 15.7. The minimum Gasteiger partial charge on any atom is -0.377 e. The monoisotopic (exact) mass is 268 g/mol. The maximum Gasteiger partial charge on any atom is 0.273 e. The van der Waals surface area contributed by atoms with Crippen molar-refractivity contribution in [3.05, 3.63) is 17.5 Å². The fourth-order valence-corrected chi connectivity index (χ4v) is 2.17. The quantitative estimate of drug-likeness (QED) is 0.825. The third-order valence-electron chi connectivity index (χ3n) is 3.29. The van der Waals surface area contributed by atoms with E-state index in [0.717, 1.165) is 0 Å². The summed E-state index contributed by atoms with van der Waals surface area (Å²) in [6.45, 7) is 9.65. The highest BCUT2D eigenvalue weighted by atomic mass is 16.5. The van der Waals surface area contributed by atoms with Crippen LogP contribution in [0, 0.1) is 17.8 Å². The third-order valence-corrected chi connectivity index (χ3v) is 3.29. The van der Waals surface area contributed by atoms with E-state index in [2.05, 4.69) is 38.2 Å². The van der Waals surface area contributed by atoms with Crippen molar-refractivity contribution in [3.63, 3.8) is 0 Å². The van der Waals surface area contributed by atoms with Gasteiger partial charge in [-0.25, -0.2) is 0 Å². The van der Waals surface area contributed by atoms with Gasteiger partial charge in [0.15, 0.2) is 11.5 Å². The van der Waals surface area contributed by atoms with Crippen molar-refractivity contribution in [3.8, 4) is 0 Å². The second kappa shape index (κ2) is 7.28. The third kappa shape index (κ3) is 4.67. The fourth-order valence-electron chi connectivity index (χ4n) is 2.17. The lowest BCUT2D eigenvalue weighted by Crippen LogP contribution is -2.34. The molecular formula is C14H24N2O3. The SMILES string of the molecule is COCc1cc(C(=O)NCC(C(C)C)C(C)C)no1. The van der Waals surface area contributed by atoms with Gasteiger partial charge >= 0.3 is 0 Å². The number of ether oxygens (including phenoxy) is 1. The number of carbonyl (C=O) groups is 1. The van der Waals surface area contributed by atoms with E-state index in [0.29, 0.717) is 42.4 Å². The van der Waals surface area contributed by atoms with E-state index < -0.39 is 0 Å². The predicted molar refractivity (Wildman–Crippen MR) is 72.7 cm³/mol. The Morgan fingerprint density at radius 2 is 2.00 bits per heavy atom. The Morgan fingerprint density at radius 1 is 1.37 bits per heavy atom. The van der Waals surface area contributed by atoms with Gasteiger partial charge in [0.2, 0.25) is 0 Å². The summed E-state index contributed by atoms with van der Waals surface area (Å²) < 4.78 is 9.91. The van der Waals surface area contributed by atoms with Gasteiger partial charge in [0.1, 0.15) is 6.61 Å². The molecule has 1 heterocycles. The van der Waals surface area contributed by atoms with Gasteiger partial charge in [0.05, 0.1) is 0 Å². The summed E-state index contributed by atoms with van der Waals surface area (Å²) in [5.41, 5.74) is 0.304. The summed E-state index contributed by atoms with van der Waals surface area (Å²) in [5, 5.41) is 6.65. The highest BCUT2D eigenvalue weighted by molar-refractivity contribution is 5.92. The molecule has 5 nitrogen and oxygen atoms in total. The van der Waals surface area contributed by atoms with Gasteiger partial charge in [-0.05, 0) is 17.8 Å². The molecule has 0 bridgehead atoms. The van der Waals surface area contributed by atoms with Gasteiger partial charge in [0, 0.05) is 19.7 Å². The predicted octanol–water partition coefficient (Wildman–Crippen LogP) is 2.48. The molecule has 0 aliphatic heterocycles. The highest BCUT2D eigenvalue weighted by Crippen LogP contribution is 2.19. The molecule has 19 heavy (non-hydrogen) atoms. The molecule has 1 amide bonds. The maximum absolute atomic E-state index is 11.9. The summed E-state index contributed by atoms with van der Waals surface area (Å²) in [5.74, 6) is 1.87. The Morgan fingerprint density at radius 3 is 2.53 bits per heavy atom. The molecule has 0 saturated heterocycles. The maximum atomic E-state index is 11.9. The Balaban J connectivity index is 2.54. The Hall–Kier alpha value is -1.36. The number of rotatable bonds is 7. The van der Waals surface area contributed by atoms with E-state index >= 15 is 0 Å². The van der Waals surface area contributed by atoms with Crippen LogP contribution in [0.2, 0.25) is 0 Å². The minimum atomic E-state index is -0.197. The Labute approximate surface area is 114 Å². The lowest BCUT2D eigenvalue weighted by atomic mass is 9.85. The van der Waals surface area contributed by atoms with Crippen molar-refractivity contribution in [1.29, 1.82) is 0 Å². The number of methoxy groups -OCH3 is 1. The summed E-state index contributed by atoms with van der Waals surface area (Å²) in [6, 6.07) is 1.61. The molecule has 0 aliphatic rings. The van der Waals surface area contributed by atoms with Gasteiger partial charge in [-0.15, -0.1) is 0 Å². The van der Waals surface area contributed by atoms with Crippen LogP contribution in [-0.2, 0) is 11.3 Å². The van der Waals surface area contributed by atoms with Gasteiger partial charge in [0.25, 0.3) is 5.91 Å². The molecule has 0 spiro atoms. The molecule has 1 rings (SSSR count). The molecule has 0 atom stereocenters. The van der Waals surface area contributed by atoms with Crippen LogP contribution in [0.1, 0.15) is 43.9 Å². The van der Waals surface area contributed by atoms with E-state index in [-0.39, 0.29) is 5.91 Å². The van der Waals surface area contributed by atoms with Crippen LogP contribution in [-0.4, -0.2) is 24.7 Å². The number of aromatic nitrogens is 1. The Kier molecular flexibility index (Phi) is 6.02. The topological polar surface area (TPSA) is 64.4 Å². The second-order valence-corrected chi connectivity index (χ2v) is 5.47. The van der Waals surface area contributed by atoms with Crippen LogP contribution >= 0.6 is 0 Å². The standard InChI is InChI=1S/C14H24N2O3/c1-9(2)12(10(3)4)7-15-14(17)13-6-11(8-18-5)19-16-13/h6,9-10,12H,7-8H2,1-5H3,(H,15,17). The van der Waals surface area contributed by atoms with E-state index in [1.165, 1.54) is 0 Å². The first-order valence-corrected chi connectivity index (χ1v) is 6.68. The molecule has 108 valence electrons. The number of hydrogen-bond donors (Lipinski definition) is 1. The molecule has 0 aromatic carbocycles. The van der Waals surface area contributed by atoms with E-state index in [9.17, 15) is 4.79 Å². The molecule has 0 radical (unpaired) electrons. The number of nitrogens with zero attached hydrogens (tertiary/aromatic N) is 1. The molecule has 0 saturated carbocycles. The molecular weight excluding hydrogens is 244 g/mol. The number of nitrogens with one attached hydrogen (secondary N) is 1. The van der Waals surface area contributed by atoms with Crippen molar-refractivity contribution in [2.24, 2.45) is 17.8 Å². The number of hydrogen-bond acceptors (Lipinski definition) is 4. The van der Waals surface area contributed by atoms with Gasteiger partial charge < -0.3 is 14.6 Å². The zero-order valence-corrected chi connectivity index (χ0v) is 12.4. The average Bonchev–Trinajstić information content (AvgIpc) is 2.77. The fraction of sp³-hybridized carbons (Fsp3) is 0.714. The van der Waals surface area contributed by atoms with Crippen molar-refractivity contribution in [2.75, 3.05) is 13.7 Å². The number of carbonyl (C=O) groups excluding carboxylic acids is 1. The average molecular weight is 268 g/mol. The highest BCUT2D eigenvalue weighted by Gasteiger charge is 2.19. The van der Waals surface area contributed by atoms with Crippen molar-refractivity contribution < 1.29 is 14.1 Å². The van der Waals surface area contributed by atoms with Crippen LogP contribution in [0.4, 0.5) is 0 Å². The number of amides is 1. The van der Waals surface area contributed by atoms with Crippen molar-refractivity contribution in [1.82, 2.24) is 10.5 Å². The van der Waals surface area contributed by atoms with Crippen LogP contribution in [0.15, 0.2) is 10.6 Å². The van der Waals surface area contributed by atoms with Crippen LogP contribution < -0.4 is 5.32 Å². The first-order valence-electron chi connectivity index (χ1n) is 6.68. The van der Waals surface area contributed by atoms with E-state index in [1.54, 1.807) is 13.2 Å². The smallest absolute Gasteiger partial charge is 0.273 e. The van der Waals surface area contributed by atoms with Gasteiger partial charge in [-0.3, -0.25) is 4.79 Å². The Bertz CT molecular complexity index is 391. The molecule has 0 unspecified atom stereocenters. The normalized spacial score (nSPS) is 11.6. The molecule has 0 aliphatic carbocycles. The lowest BCUT2D eigenvalue weighted by Gasteiger charge is -2.24. The second-order valence-electron chi connectivity index (χ2n) is 5.47. The van der Waals surface area contributed by atoms with Crippen LogP contribution in [0.5, 0.6) is 0 Å². The molecule has 5 heteroatoms. The summed E-state index contributed by atoms with van der Waals surface area (Å²) in [6.07, 6.45) is 0. The largest absolute Gasteiger partial charge is 0.377 e. The van der Waals surface area contributed by atoms with Gasteiger partial charge in [-0.1, -0.05) is 32.9 Å². The summed E-state index contributed by atoms with van der Waals surface area (Å²) >= 11 is 0. The zero-order chi connectivity index (χ0) is 14.4. The lowest BCUT2D eigenvalue weighted by molar-refractivity contribution is 0.0927. The van der Waals surface area contributed by atoms with Crippen LogP contribution in [0.3, 0.4) is 0 Å². The zero-order valence-electron chi connectivity index (χ0n) is 12.4. The molecule has 1 aromatic heterocycles. The first-order chi connectivity index (χ1) is 8.95. The minimum absolute atomic E-state index is 0.197. The summed E-state index contributed by atoms with van der Waals surface area (Å²) in [7, 11) is 1.57. The van der Waals surface area contributed by atoms with Crippen molar-refractivity contribution in [2.45, 2.75) is 34.3 Å². The van der Waals surface area contributed by atoms with E-state index in [1.807, 2.05) is 0 Å². The van der Waals surface area contributed by atoms with Crippen LogP contribution in [0.25, 0.3) is 0 Å².